The van der Waals surface area contributed by atoms with Gasteiger partial charge in [-0.05, 0) is 28.5 Å². The summed E-state index contributed by atoms with van der Waals surface area (Å²) in [6.07, 6.45) is 3.65. The van der Waals surface area contributed by atoms with E-state index in [0.29, 0.717) is 5.56 Å². The molecular formula is C16H14N2O. The van der Waals surface area contributed by atoms with Crippen LogP contribution in [0.3, 0.4) is 0 Å². The van der Waals surface area contributed by atoms with E-state index in [0.717, 1.165) is 6.54 Å². The number of hydrogen-bond donors (Lipinski definition) is 1. The average molecular weight is 250 g/mol. The van der Waals surface area contributed by atoms with Gasteiger partial charge in [-0.15, -0.1) is 0 Å². The van der Waals surface area contributed by atoms with Crippen LogP contribution in [0.1, 0.15) is 15.9 Å². The third-order valence-electron chi connectivity index (χ3n) is 3.21. The second kappa shape index (κ2) is 4.61. The normalized spacial score (nSPS) is 10.7. The predicted octanol–water partition coefficient (Wildman–Crippen LogP) is 2.79. The van der Waals surface area contributed by atoms with Crippen LogP contribution in [0.4, 0.5) is 0 Å². The van der Waals surface area contributed by atoms with Crippen LogP contribution in [0.25, 0.3) is 10.8 Å². The van der Waals surface area contributed by atoms with E-state index < -0.39 is 5.91 Å². The fourth-order valence-electron chi connectivity index (χ4n) is 2.23. The fourth-order valence-corrected chi connectivity index (χ4v) is 2.23. The van der Waals surface area contributed by atoms with Crippen molar-refractivity contribution in [2.24, 2.45) is 5.73 Å². The molecule has 0 saturated heterocycles. The highest BCUT2D eigenvalue weighted by molar-refractivity contribution is 5.92. The Bertz CT molecular complexity index is 743. The summed E-state index contributed by atoms with van der Waals surface area (Å²) in [5.41, 5.74) is 6.98. The minimum absolute atomic E-state index is 0.391. The highest BCUT2D eigenvalue weighted by Gasteiger charge is 2.03. The second-order valence-corrected chi connectivity index (χ2v) is 4.62. The molecule has 3 rings (SSSR count). The molecule has 0 spiro atoms. The van der Waals surface area contributed by atoms with E-state index in [1.165, 1.54) is 16.3 Å². The minimum Gasteiger partial charge on any atom is -0.366 e. The molecule has 1 aromatic heterocycles. The van der Waals surface area contributed by atoms with Gasteiger partial charge in [-0.2, -0.15) is 0 Å². The number of nitrogens with two attached hydrogens (primary N) is 1. The molecule has 1 amide bonds. The van der Waals surface area contributed by atoms with Crippen molar-refractivity contribution in [2.45, 2.75) is 6.54 Å². The monoisotopic (exact) mass is 250 g/mol. The van der Waals surface area contributed by atoms with Crippen molar-refractivity contribution < 1.29 is 4.79 Å². The number of carbonyl (C=O) groups excluding carboxylic acids is 1. The molecule has 3 aromatic rings. The molecule has 19 heavy (non-hydrogen) atoms. The first-order valence-electron chi connectivity index (χ1n) is 6.16. The van der Waals surface area contributed by atoms with Gasteiger partial charge in [-0.1, -0.05) is 36.4 Å². The Morgan fingerprint density at radius 1 is 1.05 bits per heavy atom. The Morgan fingerprint density at radius 2 is 1.84 bits per heavy atom. The fraction of sp³-hybridized carbons (Fsp3) is 0.0625. The number of nitrogens with zero attached hydrogens (tertiary/aromatic N) is 1. The van der Waals surface area contributed by atoms with Gasteiger partial charge in [0.05, 0.1) is 5.56 Å². The smallest absolute Gasteiger partial charge is 0.250 e. The zero-order chi connectivity index (χ0) is 13.2. The molecule has 2 N–H and O–H groups in total. The topological polar surface area (TPSA) is 48.0 Å². The van der Waals surface area contributed by atoms with Crippen LogP contribution in [0.2, 0.25) is 0 Å². The lowest BCUT2D eigenvalue weighted by molar-refractivity contribution is 0.100. The summed E-state index contributed by atoms with van der Waals surface area (Å²) >= 11 is 0. The van der Waals surface area contributed by atoms with E-state index in [-0.39, 0.29) is 0 Å². The Kier molecular flexibility index (Phi) is 2.80. The first-order chi connectivity index (χ1) is 9.22. The highest BCUT2D eigenvalue weighted by atomic mass is 16.1. The molecule has 0 bridgehead atoms. The standard InChI is InChI=1S/C16H14N2O/c17-16(19)15-7-8-18(11-15)10-12-5-6-13-3-1-2-4-14(13)9-12/h1-9,11H,10H2,(H2,17,19). The maximum Gasteiger partial charge on any atom is 0.250 e. The van der Waals surface area contributed by atoms with Crippen LogP contribution in [0.5, 0.6) is 0 Å². The van der Waals surface area contributed by atoms with Gasteiger partial charge in [0.25, 0.3) is 0 Å². The van der Waals surface area contributed by atoms with Gasteiger partial charge in [0.1, 0.15) is 0 Å². The zero-order valence-electron chi connectivity index (χ0n) is 10.4. The van der Waals surface area contributed by atoms with Gasteiger partial charge < -0.3 is 10.3 Å². The highest BCUT2D eigenvalue weighted by Crippen LogP contribution is 2.16. The number of hydrogen-bond acceptors (Lipinski definition) is 1. The molecule has 3 nitrogen and oxygen atoms in total. The molecule has 94 valence electrons. The number of benzene rings is 2. The molecule has 0 radical (unpaired) electrons. The lowest BCUT2D eigenvalue weighted by Gasteiger charge is -2.05. The third-order valence-corrected chi connectivity index (χ3v) is 3.21. The number of carbonyl (C=O) groups is 1. The molecule has 0 saturated carbocycles. The molecule has 0 aliphatic rings. The van der Waals surface area contributed by atoms with Crippen molar-refractivity contribution in [1.29, 1.82) is 0 Å². The summed E-state index contributed by atoms with van der Waals surface area (Å²) in [6.45, 7) is 0.734. The van der Waals surface area contributed by atoms with Crippen molar-refractivity contribution in [1.82, 2.24) is 4.57 Å². The van der Waals surface area contributed by atoms with Gasteiger partial charge in [0.2, 0.25) is 5.91 Å². The molecule has 2 aromatic carbocycles. The van der Waals surface area contributed by atoms with Gasteiger partial charge in [-0.25, -0.2) is 0 Å². The van der Waals surface area contributed by atoms with E-state index in [1.807, 2.05) is 22.9 Å². The lowest BCUT2D eigenvalue weighted by Crippen LogP contribution is -2.09. The molecule has 0 aliphatic heterocycles. The van der Waals surface area contributed by atoms with E-state index in [1.54, 1.807) is 12.3 Å². The molecule has 3 heteroatoms. The van der Waals surface area contributed by atoms with Crippen molar-refractivity contribution >= 4 is 16.7 Å². The minimum atomic E-state index is -0.391. The molecule has 0 aliphatic carbocycles. The zero-order valence-corrected chi connectivity index (χ0v) is 10.4. The molecule has 1 heterocycles. The maximum atomic E-state index is 11.1. The second-order valence-electron chi connectivity index (χ2n) is 4.62. The Labute approximate surface area is 111 Å². The summed E-state index contributed by atoms with van der Waals surface area (Å²) in [5, 5.41) is 2.46. The first kappa shape index (κ1) is 11.5. The van der Waals surface area contributed by atoms with Crippen LogP contribution in [0, 0.1) is 0 Å². The van der Waals surface area contributed by atoms with Crippen LogP contribution >= 0.6 is 0 Å². The number of aromatic nitrogens is 1. The largest absolute Gasteiger partial charge is 0.366 e. The van der Waals surface area contributed by atoms with Crippen molar-refractivity contribution in [2.75, 3.05) is 0 Å². The molecule has 0 atom stereocenters. The first-order valence-corrected chi connectivity index (χ1v) is 6.16. The van der Waals surface area contributed by atoms with Crippen molar-refractivity contribution in [3.8, 4) is 0 Å². The summed E-state index contributed by atoms with van der Waals surface area (Å²) in [4.78, 5) is 11.1. The van der Waals surface area contributed by atoms with Gasteiger partial charge in [0.15, 0.2) is 0 Å². The van der Waals surface area contributed by atoms with Crippen LogP contribution in [-0.2, 0) is 6.54 Å². The van der Waals surface area contributed by atoms with Gasteiger partial charge in [0, 0.05) is 18.9 Å². The van der Waals surface area contributed by atoms with Crippen LogP contribution in [0.15, 0.2) is 60.9 Å². The van der Waals surface area contributed by atoms with E-state index >= 15 is 0 Å². The SMILES string of the molecule is NC(=O)c1ccn(Cc2ccc3ccccc3c2)c1. The van der Waals surface area contributed by atoms with Crippen molar-refractivity contribution in [3.05, 3.63) is 72.1 Å². The Hall–Kier alpha value is -2.55. The summed E-state index contributed by atoms with van der Waals surface area (Å²) in [5.74, 6) is -0.391. The quantitative estimate of drug-likeness (QED) is 0.763. The number of rotatable bonds is 3. The summed E-state index contributed by atoms with van der Waals surface area (Å²) < 4.78 is 1.96. The maximum absolute atomic E-state index is 11.1. The summed E-state index contributed by atoms with van der Waals surface area (Å²) in [6, 6.07) is 16.4. The Morgan fingerprint density at radius 3 is 2.58 bits per heavy atom. The number of fused-ring (bicyclic) bond motifs is 1. The molecule has 0 unspecified atom stereocenters. The molecular weight excluding hydrogens is 236 g/mol. The van der Waals surface area contributed by atoms with Crippen LogP contribution in [-0.4, -0.2) is 10.5 Å². The van der Waals surface area contributed by atoms with E-state index in [2.05, 4.69) is 30.3 Å². The predicted molar refractivity (Wildman–Crippen MR) is 76.0 cm³/mol. The third kappa shape index (κ3) is 2.36. The van der Waals surface area contributed by atoms with Gasteiger partial charge in [-0.3, -0.25) is 4.79 Å². The van der Waals surface area contributed by atoms with E-state index in [4.69, 9.17) is 5.73 Å². The van der Waals surface area contributed by atoms with Gasteiger partial charge >= 0.3 is 0 Å². The van der Waals surface area contributed by atoms with Crippen LogP contribution < -0.4 is 5.73 Å². The summed E-state index contributed by atoms with van der Waals surface area (Å²) in [7, 11) is 0. The Balaban J connectivity index is 1.89. The van der Waals surface area contributed by atoms with Crippen molar-refractivity contribution in [3.63, 3.8) is 0 Å². The number of amides is 1. The lowest BCUT2D eigenvalue weighted by atomic mass is 10.1. The number of primary amides is 1. The van der Waals surface area contributed by atoms with E-state index in [9.17, 15) is 4.79 Å². The average Bonchev–Trinajstić information content (AvgIpc) is 2.87. The molecule has 0 fully saturated rings.